The molecule has 1 aromatic heterocycles. The van der Waals surface area contributed by atoms with Crippen LogP contribution in [-0.2, 0) is 38.1 Å². The Morgan fingerprint density at radius 2 is 1.70 bits per heavy atom. The van der Waals surface area contributed by atoms with Crippen molar-refractivity contribution in [3.63, 3.8) is 0 Å². The van der Waals surface area contributed by atoms with Crippen LogP contribution in [0.4, 0.5) is 17.6 Å². The third kappa shape index (κ3) is 7.95. The first-order valence-electron chi connectivity index (χ1n) is 13.5. The van der Waals surface area contributed by atoms with E-state index in [1.54, 1.807) is 32.0 Å². The van der Waals surface area contributed by atoms with Crippen molar-refractivity contribution in [2.45, 2.75) is 44.8 Å². The highest BCUT2D eigenvalue weighted by atomic mass is 32.2. The molecule has 234 valence electrons. The summed E-state index contributed by atoms with van der Waals surface area (Å²) in [6, 6.07) is 15.8. The summed E-state index contributed by atoms with van der Waals surface area (Å²) < 4.78 is 86.7. The number of rotatable bonds is 11. The number of alkyl halides is 3. The van der Waals surface area contributed by atoms with Crippen LogP contribution in [-0.4, -0.2) is 44.3 Å². The molecule has 1 atom stereocenters. The van der Waals surface area contributed by atoms with E-state index in [1.165, 1.54) is 30.3 Å². The normalized spacial score (nSPS) is 12.6. The van der Waals surface area contributed by atoms with Crippen LogP contribution >= 0.6 is 0 Å². The predicted octanol–water partition coefficient (Wildman–Crippen LogP) is 5.94. The Morgan fingerprint density at radius 3 is 2.34 bits per heavy atom. The summed E-state index contributed by atoms with van der Waals surface area (Å²) in [7, 11) is -3.49. The maximum atomic E-state index is 14.4. The molecule has 0 aliphatic carbocycles. The third-order valence-corrected chi connectivity index (χ3v) is 7.58. The zero-order valence-electron chi connectivity index (χ0n) is 24.0. The molecule has 1 unspecified atom stereocenters. The number of carbonyl (C=O) groups is 2. The smallest absolute Gasteiger partial charge is 0.471 e. The molecule has 8 nitrogen and oxygen atoms in total. The van der Waals surface area contributed by atoms with Gasteiger partial charge in [0.25, 0.3) is 0 Å². The second kappa shape index (κ2) is 13.1. The molecule has 44 heavy (non-hydrogen) atoms. The van der Waals surface area contributed by atoms with E-state index in [0.29, 0.717) is 38.9 Å². The topological polar surface area (TPSA) is 115 Å². The minimum absolute atomic E-state index is 0.0268. The number of ether oxygens (including phenoxy) is 2. The average Bonchev–Trinajstić information content (AvgIpc) is 3.31. The second-order valence-electron chi connectivity index (χ2n) is 10.2. The number of nitrogens with one attached hydrogen (secondary N) is 2. The van der Waals surface area contributed by atoms with Gasteiger partial charge in [0.05, 0.1) is 17.9 Å². The fourth-order valence-corrected chi connectivity index (χ4v) is 5.55. The summed E-state index contributed by atoms with van der Waals surface area (Å²) in [5.74, 6) is -3.31. The fourth-order valence-electron chi connectivity index (χ4n) is 4.77. The van der Waals surface area contributed by atoms with E-state index in [9.17, 15) is 35.6 Å². The van der Waals surface area contributed by atoms with Crippen molar-refractivity contribution >= 4 is 32.6 Å². The summed E-state index contributed by atoms with van der Waals surface area (Å²) in [6.07, 6.45) is -4.32. The molecular formula is C31H30F4N2O6S. The molecule has 0 aliphatic heterocycles. The molecule has 3 aromatic carbocycles. The van der Waals surface area contributed by atoms with Crippen molar-refractivity contribution in [3.05, 3.63) is 100.0 Å². The summed E-state index contributed by atoms with van der Waals surface area (Å²) in [4.78, 5) is 27.2. The van der Waals surface area contributed by atoms with Crippen molar-refractivity contribution in [2.75, 3.05) is 12.9 Å². The Kier molecular flexibility index (Phi) is 9.67. The number of hydrogen-bond donors (Lipinski definition) is 2. The van der Waals surface area contributed by atoms with Crippen LogP contribution < -0.4 is 10.1 Å². The molecule has 0 saturated heterocycles. The largest absolute Gasteiger partial charge is 0.486 e. The number of carbonyl (C=O) groups excluding carboxylic acids is 2. The first kappa shape index (κ1) is 32.5. The van der Waals surface area contributed by atoms with Gasteiger partial charge in [-0.1, -0.05) is 42.5 Å². The molecule has 0 fully saturated rings. The van der Waals surface area contributed by atoms with Crippen LogP contribution in [0, 0.1) is 5.82 Å². The number of amides is 1. The van der Waals surface area contributed by atoms with Crippen molar-refractivity contribution in [1.82, 2.24) is 10.3 Å². The lowest BCUT2D eigenvalue weighted by Gasteiger charge is -2.16. The van der Waals surface area contributed by atoms with Crippen LogP contribution in [0.25, 0.3) is 10.9 Å². The van der Waals surface area contributed by atoms with Crippen molar-refractivity contribution in [2.24, 2.45) is 0 Å². The minimum atomic E-state index is -4.97. The van der Waals surface area contributed by atoms with Gasteiger partial charge in [-0.05, 0) is 48.7 Å². The van der Waals surface area contributed by atoms with Crippen molar-refractivity contribution in [1.29, 1.82) is 0 Å². The van der Waals surface area contributed by atoms with Crippen molar-refractivity contribution in [3.8, 4) is 5.75 Å². The summed E-state index contributed by atoms with van der Waals surface area (Å²) in [6.45, 7) is 3.28. The monoisotopic (exact) mass is 634 g/mol. The molecule has 0 spiro atoms. The van der Waals surface area contributed by atoms with Gasteiger partial charge in [-0.2, -0.15) is 13.2 Å². The first-order chi connectivity index (χ1) is 20.7. The molecule has 1 amide bonds. The molecular weight excluding hydrogens is 604 g/mol. The number of halogens is 4. The standard InChI is InChI=1S/C31H30F4N2O6S/c1-4-42-29(38)28-25(15-20-10-13-26(32)21(14-20)17-44(3,40)41)24-7-5-6-23(27(24)37-28)18(2)43-22-11-8-19(9-12-22)16-36-30(39)31(33,34)35/h5-14,18,37H,4,15-17H2,1-3H3,(H,36,39). The lowest BCUT2D eigenvalue weighted by Crippen LogP contribution is -2.36. The van der Waals surface area contributed by atoms with Crippen LogP contribution in [0.3, 0.4) is 0 Å². The second-order valence-corrected chi connectivity index (χ2v) is 12.4. The number of sulfone groups is 1. The third-order valence-electron chi connectivity index (χ3n) is 6.75. The number of fused-ring (bicyclic) bond motifs is 1. The highest BCUT2D eigenvalue weighted by molar-refractivity contribution is 7.89. The molecule has 0 bridgehead atoms. The first-order valence-corrected chi connectivity index (χ1v) is 15.6. The quantitative estimate of drug-likeness (QED) is 0.156. The van der Waals surface area contributed by atoms with Gasteiger partial charge < -0.3 is 19.8 Å². The summed E-state index contributed by atoms with van der Waals surface area (Å²) in [5.41, 5.74) is 3.13. The van der Waals surface area contributed by atoms with Crippen LogP contribution in [0.15, 0.2) is 60.7 Å². The zero-order valence-corrected chi connectivity index (χ0v) is 24.9. The summed E-state index contributed by atoms with van der Waals surface area (Å²) >= 11 is 0. The molecule has 4 aromatic rings. The Balaban J connectivity index is 1.62. The molecule has 0 saturated carbocycles. The van der Waals surface area contributed by atoms with Crippen LogP contribution in [0.1, 0.15) is 58.3 Å². The molecule has 4 rings (SSSR count). The van der Waals surface area contributed by atoms with Crippen LogP contribution in [0.5, 0.6) is 5.75 Å². The van der Waals surface area contributed by atoms with E-state index in [-0.39, 0.29) is 30.8 Å². The number of esters is 1. The highest BCUT2D eigenvalue weighted by Gasteiger charge is 2.38. The molecule has 2 N–H and O–H groups in total. The van der Waals surface area contributed by atoms with Crippen molar-refractivity contribution < 1.29 is 45.0 Å². The van der Waals surface area contributed by atoms with Crippen LogP contribution in [0.2, 0.25) is 0 Å². The molecule has 0 radical (unpaired) electrons. The van der Waals surface area contributed by atoms with Gasteiger partial charge in [-0.25, -0.2) is 17.6 Å². The van der Waals surface area contributed by atoms with Gasteiger partial charge in [-0.15, -0.1) is 0 Å². The number of aromatic amines is 1. The van der Waals surface area contributed by atoms with Gasteiger partial charge in [0.1, 0.15) is 23.4 Å². The number of benzene rings is 3. The Hall–Kier alpha value is -4.39. The van der Waals surface area contributed by atoms with Gasteiger partial charge in [0, 0.05) is 35.7 Å². The molecule has 13 heteroatoms. The Labute approximate surface area is 251 Å². The van der Waals surface area contributed by atoms with E-state index in [0.717, 1.165) is 6.26 Å². The molecule has 1 heterocycles. The number of H-pyrrole nitrogens is 1. The minimum Gasteiger partial charge on any atom is -0.486 e. The number of aromatic nitrogens is 1. The van der Waals surface area contributed by atoms with E-state index < -0.39 is 45.6 Å². The number of para-hydroxylation sites is 1. The lowest BCUT2D eigenvalue weighted by atomic mass is 9.98. The SMILES string of the molecule is CCOC(=O)c1[nH]c2c(C(C)Oc3ccc(CNC(=O)C(F)(F)F)cc3)cccc2c1Cc1ccc(F)c(CS(C)(=O)=O)c1. The summed E-state index contributed by atoms with van der Waals surface area (Å²) in [5, 5.41) is 2.50. The van der Waals surface area contributed by atoms with Gasteiger partial charge in [-0.3, -0.25) is 4.79 Å². The van der Waals surface area contributed by atoms with E-state index in [4.69, 9.17) is 9.47 Å². The lowest BCUT2D eigenvalue weighted by molar-refractivity contribution is -0.173. The zero-order chi connectivity index (χ0) is 32.2. The van der Waals surface area contributed by atoms with E-state index in [2.05, 4.69) is 4.98 Å². The number of hydrogen-bond acceptors (Lipinski definition) is 6. The van der Waals surface area contributed by atoms with E-state index >= 15 is 0 Å². The maximum absolute atomic E-state index is 14.4. The maximum Gasteiger partial charge on any atom is 0.471 e. The van der Waals surface area contributed by atoms with Gasteiger partial charge in [0.2, 0.25) is 0 Å². The highest BCUT2D eigenvalue weighted by Crippen LogP contribution is 2.33. The van der Waals surface area contributed by atoms with Gasteiger partial charge >= 0.3 is 18.1 Å². The van der Waals surface area contributed by atoms with E-state index in [1.807, 2.05) is 17.4 Å². The fraction of sp³-hybridized carbons (Fsp3) is 0.290. The Bertz CT molecular complexity index is 1780. The average molecular weight is 635 g/mol. The Morgan fingerprint density at radius 1 is 1.02 bits per heavy atom. The molecule has 0 aliphatic rings. The van der Waals surface area contributed by atoms with Gasteiger partial charge in [0.15, 0.2) is 9.84 Å². The predicted molar refractivity (Wildman–Crippen MR) is 155 cm³/mol.